The summed E-state index contributed by atoms with van der Waals surface area (Å²) in [6, 6.07) is 2.20. The van der Waals surface area contributed by atoms with Crippen molar-refractivity contribution in [1.82, 2.24) is 9.88 Å². The largest absolute Gasteiger partial charge is 0.378 e. The number of hydrogen-bond acceptors (Lipinski definition) is 2. The van der Waals surface area contributed by atoms with Gasteiger partial charge in [-0.1, -0.05) is 6.92 Å². The zero-order valence-electron chi connectivity index (χ0n) is 10.8. The molecule has 1 N–H and O–H groups in total. The van der Waals surface area contributed by atoms with Gasteiger partial charge in [0, 0.05) is 32.1 Å². The molecular formula is C14H24N2O. The zero-order chi connectivity index (χ0) is 11.9. The third-order valence-corrected chi connectivity index (χ3v) is 3.29. The smallest absolute Gasteiger partial charge is 0.0588 e. The van der Waals surface area contributed by atoms with E-state index in [9.17, 15) is 0 Å². The molecule has 1 unspecified atom stereocenters. The van der Waals surface area contributed by atoms with Crippen molar-refractivity contribution in [2.75, 3.05) is 13.2 Å². The van der Waals surface area contributed by atoms with E-state index in [1.54, 1.807) is 0 Å². The second kappa shape index (κ2) is 6.82. The summed E-state index contributed by atoms with van der Waals surface area (Å²) >= 11 is 0. The SMILES string of the molecule is CCCn1ccc(CNCCC2CCCO2)c1. The highest BCUT2D eigenvalue weighted by Gasteiger charge is 2.14. The fourth-order valence-corrected chi connectivity index (χ4v) is 2.36. The summed E-state index contributed by atoms with van der Waals surface area (Å²) in [5.74, 6) is 0. The Balaban J connectivity index is 1.60. The van der Waals surface area contributed by atoms with Crippen LogP contribution < -0.4 is 5.32 Å². The highest BCUT2D eigenvalue weighted by Crippen LogP contribution is 2.14. The van der Waals surface area contributed by atoms with Crippen molar-refractivity contribution in [2.45, 2.75) is 51.8 Å². The van der Waals surface area contributed by atoms with Gasteiger partial charge >= 0.3 is 0 Å². The van der Waals surface area contributed by atoms with Crippen LogP contribution in [0, 0.1) is 0 Å². The minimum absolute atomic E-state index is 0.507. The summed E-state index contributed by atoms with van der Waals surface area (Å²) in [6.45, 7) is 6.33. The lowest BCUT2D eigenvalue weighted by Gasteiger charge is -2.09. The summed E-state index contributed by atoms with van der Waals surface area (Å²) in [6.07, 6.45) is 9.74. The molecule has 3 nitrogen and oxygen atoms in total. The molecule has 1 aliphatic rings. The van der Waals surface area contributed by atoms with E-state index in [4.69, 9.17) is 4.74 Å². The molecule has 2 heterocycles. The number of ether oxygens (including phenoxy) is 1. The molecule has 1 fully saturated rings. The summed E-state index contributed by atoms with van der Waals surface area (Å²) in [5, 5.41) is 3.49. The van der Waals surface area contributed by atoms with Gasteiger partial charge in [0.05, 0.1) is 6.10 Å². The Labute approximate surface area is 104 Å². The second-order valence-corrected chi connectivity index (χ2v) is 4.86. The van der Waals surface area contributed by atoms with Crippen molar-refractivity contribution in [1.29, 1.82) is 0 Å². The molecule has 0 aromatic carbocycles. The van der Waals surface area contributed by atoms with Crippen LogP contribution in [-0.4, -0.2) is 23.8 Å². The number of aryl methyl sites for hydroxylation is 1. The second-order valence-electron chi connectivity index (χ2n) is 4.86. The highest BCUT2D eigenvalue weighted by molar-refractivity contribution is 5.09. The Hall–Kier alpha value is -0.800. The van der Waals surface area contributed by atoms with Gasteiger partial charge in [0.25, 0.3) is 0 Å². The first-order chi connectivity index (χ1) is 8.38. The molecule has 2 rings (SSSR count). The summed E-state index contributed by atoms with van der Waals surface area (Å²) in [7, 11) is 0. The number of nitrogens with zero attached hydrogens (tertiary/aromatic N) is 1. The van der Waals surface area contributed by atoms with E-state index in [1.807, 2.05) is 0 Å². The lowest BCUT2D eigenvalue weighted by molar-refractivity contribution is 0.104. The average molecular weight is 236 g/mol. The third-order valence-electron chi connectivity index (χ3n) is 3.29. The van der Waals surface area contributed by atoms with E-state index >= 15 is 0 Å². The Morgan fingerprint density at radius 2 is 2.47 bits per heavy atom. The van der Waals surface area contributed by atoms with Crippen LogP contribution >= 0.6 is 0 Å². The van der Waals surface area contributed by atoms with Gasteiger partial charge in [-0.05, 0) is 43.9 Å². The normalized spacial score (nSPS) is 19.9. The fourth-order valence-electron chi connectivity index (χ4n) is 2.36. The van der Waals surface area contributed by atoms with Crippen LogP contribution in [0.15, 0.2) is 18.5 Å². The molecule has 0 radical (unpaired) electrons. The zero-order valence-corrected chi connectivity index (χ0v) is 10.8. The Bertz CT molecular complexity index is 316. The lowest BCUT2D eigenvalue weighted by Crippen LogP contribution is -2.19. The van der Waals surface area contributed by atoms with Gasteiger partial charge in [0.15, 0.2) is 0 Å². The minimum atomic E-state index is 0.507. The van der Waals surface area contributed by atoms with Gasteiger partial charge in [-0.2, -0.15) is 0 Å². The van der Waals surface area contributed by atoms with Crippen molar-refractivity contribution in [3.05, 3.63) is 24.0 Å². The van der Waals surface area contributed by atoms with Crippen LogP contribution in [0.2, 0.25) is 0 Å². The standard InChI is InChI=1S/C14H24N2O/c1-2-8-16-9-6-13(12-16)11-15-7-5-14-4-3-10-17-14/h6,9,12,14-15H,2-5,7-8,10-11H2,1H3. The summed E-state index contributed by atoms with van der Waals surface area (Å²) in [4.78, 5) is 0. The molecular weight excluding hydrogens is 212 g/mol. The maximum atomic E-state index is 5.60. The molecule has 0 amide bonds. The molecule has 17 heavy (non-hydrogen) atoms. The van der Waals surface area contributed by atoms with Crippen LogP contribution in [0.4, 0.5) is 0 Å². The van der Waals surface area contributed by atoms with E-state index in [-0.39, 0.29) is 0 Å². The number of hydrogen-bond donors (Lipinski definition) is 1. The Kier molecular flexibility index (Phi) is 5.08. The molecule has 3 heteroatoms. The Morgan fingerprint density at radius 3 is 3.24 bits per heavy atom. The first kappa shape index (κ1) is 12.7. The van der Waals surface area contributed by atoms with Gasteiger partial charge in [0.2, 0.25) is 0 Å². The van der Waals surface area contributed by atoms with Gasteiger partial charge in [0.1, 0.15) is 0 Å². The van der Waals surface area contributed by atoms with Crippen LogP contribution in [-0.2, 0) is 17.8 Å². The molecule has 0 aliphatic carbocycles. The van der Waals surface area contributed by atoms with E-state index < -0.39 is 0 Å². The molecule has 1 aliphatic heterocycles. The monoisotopic (exact) mass is 236 g/mol. The van der Waals surface area contributed by atoms with Gasteiger partial charge in [-0.25, -0.2) is 0 Å². The van der Waals surface area contributed by atoms with Crippen molar-refractivity contribution >= 4 is 0 Å². The minimum Gasteiger partial charge on any atom is -0.378 e. The molecule has 1 atom stereocenters. The topological polar surface area (TPSA) is 26.2 Å². The highest BCUT2D eigenvalue weighted by atomic mass is 16.5. The van der Waals surface area contributed by atoms with Crippen molar-refractivity contribution in [2.24, 2.45) is 0 Å². The number of nitrogens with one attached hydrogen (secondary N) is 1. The first-order valence-electron chi connectivity index (χ1n) is 6.85. The maximum Gasteiger partial charge on any atom is 0.0588 e. The quantitative estimate of drug-likeness (QED) is 0.736. The van der Waals surface area contributed by atoms with E-state index in [0.717, 1.165) is 32.7 Å². The molecule has 1 saturated heterocycles. The van der Waals surface area contributed by atoms with Crippen molar-refractivity contribution < 1.29 is 4.74 Å². The van der Waals surface area contributed by atoms with Crippen molar-refractivity contribution in [3.8, 4) is 0 Å². The summed E-state index contributed by atoms with van der Waals surface area (Å²) in [5.41, 5.74) is 1.38. The van der Waals surface area contributed by atoms with Crippen LogP contribution in [0.3, 0.4) is 0 Å². The molecule has 1 aromatic rings. The van der Waals surface area contributed by atoms with Crippen LogP contribution in [0.1, 0.15) is 38.2 Å². The van der Waals surface area contributed by atoms with E-state index in [2.05, 4.69) is 35.3 Å². The predicted molar refractivity (Wildman–Crippen MR) is 70.0 cm³/mol. The lowest BCUT2D eigenvalue weighted by atomic mass is 10.2. The summed E-state index contributed by atoms with van der Waals surface area (Å²) < 4.78 is 7.86. The molecule has 96 valence electrons. The van der Waals surface area contributed by atoms with E-state index in [0.29, 0.717) is 6.10 Å². The van der Waals surface area contributed by atoms with Crippen LogP contribution in [0.25, 0.3) is 0 Å². The van der Waals surface area contributed by atoms with Crippen molar-refractivity contribution in [3.63, 3.8) is 0 Å². The van der Waals surface area contributed by atoms with Gasteiger partial charge < -0.3 is 14.6 Å². The third kappa shape index (κ3) is 4.17. The predicted octanol–water partition coefficient (Wildman–Crippen LogP) is 2.56. The average Bonchev–Trinajstić information content (AvgIpc) is 2.96. The van der Waals surface area contributed by atoms with Gasteiger partial charge in [-0.15, -0.1) is 0 Å². The number of aromatic nitrogens is 1. The molecule has 0 spiro atoms. The molecule has 0 saturated carbocycles. The van der Waals surface area contributed by atoms with Gasteiger partial charge in [-0.3, -0.25) is 0 Å². The number of rotatable bonds is 7. The van der Waals surface area contributed by atoms with Crippen LogP contribution in [0.5, 0.6) is 0 Å². The first-order valence-corrected chi connectivity index (χ1v) is 6.85. The fraction of sp³-hybridized carbons (Fsp3) is 0.714. The Morgan fingerprint density at radius 1 is 1.53 bits per heavy atom. The molecule has 0 bridgehead atoms. The molecule has 1 aromatic heterocycles. The van der Waals surface area contributed by atoms with E-state index in [1.165, 1.54) is 24.8 Å². The maximum absolute atomic E-state index is 5.60.